The van der Waals surface area contributed by atoms with Crippen molar-refractivity contribution in [3.8, 4) is 6.07 Å². The topological polar surface area (TPSA) is 123 Å². The summed E-state index contributed by atoms with van der Waals surface area (Å²) < 4.78 is 0. The SMILES string of the molecule is CC1(C)[C@H](NC(=O)O)C[C@H]1Nc1nc(NCCc2cccc(Cl)c2)ncc1C#N. The maximum absolute atomic E-state index is 10.9. The smallest absolute Gasteiger partial charge is 0.404 e. The number of amides is 1. The lowest BCUT2D eigenvalue weighted by Gasteiger charge is -2.52. The molecule has 4 N–H and O–H groups in total. The Balaban J connectivity index is 1.63. The van der Waals surface area contributed by atoms with Crippen LogP contribution in [-0.2, 0) is 6.42 Å². The maximum Gasteiger partial charge on any atom is 0.404 e. The van der Waals surface area contributed by atoms with E-state index in [-0.39, 0.29) is 17.5 Å². The van der Waals surface area contributed by atoms with Crippen molar-refractivity contribution in [3.05, 3.63) is 46.6 Å². The van der Waals surface area contributed by atoms with E-state index in [9.17, 15) is 10.1 Å². The van der Waals surface area contributed by atoms with Gasteiger partial charge in [-0.3, -0.25) is 0 Å². The first-order chi connectivity index (χ1) is 13.8. The molecule has 0 spiro atoms. The van der Waals surface area contributed by atoms with Crippen LogP contribution in [0.2, 0.25) is 5.02 Å². The fraction of sp³-hybridized carbons (Fsp3) is 0.400. The summed E-state index contributed by atoms with van der Waals surface area (Å²) in [6.45, 7) is 4.57. The lowest BCUT2D eigenvalue weighted by atomic mass is 9.63. The van der Waals surface area contributed by atoms with Crippen molar-refractivity contribution in [1.29, 1.82) is 5.26 Å². The zero-order valence-electron chi connectivity index (χ0n) is 16.2. The van der Waals surface area contributed by atoms with E-state index in [1.165, 1.54) is 6.20 Å². The van der Waals surface area contributed by atoms with Crippen LogP contribution in [0.1, 0.15) is 31.4 Å². The summed E-state index contributed by atoms with van der Waals surface area (Å²) >= 11 is 6.00. The molecular weight excluding hydrogens is 392 g/mol. The molecule has 9 heteroatoms. The third-order valence-corrected chi connectivity index (χ3v) is 5.61. The number of halogens is 1. The highest BCUT2D eigenvalue weighted by atomic mass is 35.5. The Morgan fingerprint density at radius 1 is 1.41 bits per heavy atom. The molecule has 152 valence electrons. The quantitative estimate of drug-likeness (QED) is 0.546. The van der Waals surface area contributed by atoms with Crippen LogP contribution in [0.5, 0.6) is 0 Å². The van der Waals surface area contributed by atoms with Crippen LogP contribution in [0.25, 0.3) is 0 Å². The summed E-state index contributed by atoms with van der Waals surface area (Å²) in [5.41, 5.74) is 1.14. The Morgan fingerprint density at radius 2 is 2.21 bits per heavy atom. The number of nitrogens with zero attached hydrogens (tertiary/aromatic N) is 3. The van der Waals surface area contributed by atoms with Gasteiger partial charge in [0, 0.05) is 29.1 Å². The van der Waals surface area contributed by atoms with Crippen LogP contribution in [0.4, 0.5) is 16.6 Å². The molecule has 0 saturated heterocycles. The normalized spacial score (nSPS) is 19.5. The molecule has 1 saturated carbocycles. The minimum atomic E-state index is -1.03. The first kappa shape index (κ1) is 20.7. The largest absolute Gasteiger partial charge is 0.465 e. The summed E-state index contributed by atoms with van der Waals surface area (Å²) in [6.07, 6.45) is 1.82. The predicted molar refractivity (Wildman–Crippen MR) is 111 cm³/mol. The third kappa shape index (κ3) is 4.87. The van der Waals surface area contributed by atoms with Crippen LogP contribution in [0, 0.1) is 16.7 Å². The molecule has 1 amide bonds. The number of benzene rings is 1. The number of nitriles is 1. The standard InChI is InChI=1S/C20H23ClN6O2/c1-20(2)15(9-16(20)26-19(28)29)25-17-13(10-22)11-24-18(27-17)23-7-6-12-4-3-5-14(21)8-12/h3-5,8,11,15-16,26H,6-7,9H2,1-2H3,(H,28,29)(H2,23,24,25,27)/t15-,16-/m1/s1. The Kier molecular flexibility index (Phi) is 6.09. The minimum absolute atomic E-state index is 0.0133. The molecule has 3 rings (SSSR count). The molecule has 1 aromatic heterocycles. The van der Waals surface area contributed by atoms with Crippen molar-refractivity contribution >= 4 is 29.5 Å². The molecule has 0 aliphatic heterocycles. The van der Waals surface area contributed by atoms with Crippen LogP contribution >= 0.6 is 11.6 Å². The number of nitrogens with one attached hydrogen (secondary N) is 3. The van der Waals surface area contributed by atoms with Crippen molar-refractivity contribution in [2.24, 2.45) is 5.41 Å². The van der Waals surface area contributed by atoms with E-state index in [4.69, 9.17) is 16.7 Å². The highest BCUT2D eigenvalue weighted by Crippen LogP contribution is 2.42. The van der Waals surface area contributed by atoms with E-state index in [0.717, 1.165) is 12.0 Å². The highest BCUT2D eigenvalue weighted by molar-refractivity contribution is 6.30. The lowest BCUT2D eigenvalue weighted by molar-refractivity contribution is 0.0823. The highest BCUT2D eigenvalue weighted by Gasteiger charge is 2.49. The molecule has 8 nitrogen and oxygen atoms in total. The second kappa shape index (κ2) is 8.53. The fourth-order valence-corrected chi connectivity index (χ4v) is 3.61. The van der Waals surface area contributed by atoms with Gasteiger partial charge >= 0.3 is 6.09 Å². The summed E-state index contributed by atoms with van der Waals surface area (Å²) in [5.74, 6) is 0.866. The molecule has 1 fully saturated rings. The predicted octanol–water partition coefficient (Wildman–Crippen LogP) is 3.50. The fourth-order valence-electron chi connectivity index (χ4n) is 3.40. The second-order valence-corrected chi connectivity index (χ2v) is 8.07. The average Bonchev–Trinajstić information content (AvgIpc) is 2.67. The van der Waals surface area contributed by atoms with Gasteiger partial charge in [-0.15, -0.1) is 0 Å². The van der Waals surface area contributed by atoms with E-state index in [1.54, 1.807) is 0 Å². The van der Waals surface area contributed by atoms with Gasteiger partial charge in [-0.1, -0.05) is 37.6 Å². The van der Waals surface area contributed by atoms with E-state index in [2.05, 4.69) is 32.0 Å². The molecule has 0 unspecified atom stereocenters. The number of rotatable bonds is 7. The zero-order valence-corrected chi connectivity index (χ0v) is 17.0. The summed E-state index contributed by atoms with van der Waals surface area (Å²) in [7, 11) is 0. The minimum Gasteiger partial charge on any atom is -0.465 e. The number of aromatic nitrogens is 2. The summed E-state index contributed by atoms with van der Waals surface area (Å²) in [5, 5.41) is 28.0. The van der Waals surface area contributed by atoms with Crippen molar-refractivity contribution in [1.82, 2.24) is 15.3 Å². The number of anilines is 2. The molecular formula is C20H23ClN6O2. The molecule has 1 aliphatic rings. The maximum atomic E-state index is 10.9. The number of hydrogen-bond acceptors (Lipinski definition) is 6. The second-order valence-electron chi connectivity index (χ2n) is 7.63. The average molecular weight is 415 g/mol. The monoisotopic (exact) mass is 414 g/mol. The van der Waals surface area contributed by atoms with Crippen molar-refractivity contribution in [2.75, 3.05) is 17.2 Å². The Bertz CT molecular complexity index is 943. The molecule has 1 heterocycles. The van der Waals surface area contributed by atoms with Gasteiger partial charge in [0.15, 0.2) is 0 Å². The van der Waals surface area contributed by atoms with Gasteiger partial charge in [-0.25, -0.2) is 9.78 Å². The zero-order chi connectivity index (χ0) is 21.0. The molecule has 0 radical (unpaired) electrons. The number of carboxylic acid groups (broad SMARTS) is 1. The van der Waals surface area contributed by atoms with Crippen molar-refractivity contribution in [2.45, 2.75) is 38.8 Å². The van der Waals surface area contributed by atoms with E-state index in [1.807, 2.05) is 38.1 Å². The first-order valence-corrected chi connectivity index (χ1v) is 9.69. The van der Waals surface area contributed by atoms with Gasteiger partial charge in [-0.05, 0) is 30.5 Å². The van der Waals surface area contributed by atoms with E-state index < -0.39 is 6.09 Å². The van der Waals surface area contributed by atoms with Crippen LogP contribution in [-0.4, -0.2) is 39.8 Å². The molecule has 0 bridgehead atoms. The molecule has 1 aromatic carbocycles. The molecule has 2 atom stereocenters. The third-order valence-electron chi connectivity index (χ3n) is 5.37. The van der Waals surface area contributed by atoms with Gasteiger partial charge in [-0.2, -0.15) is 10.2 Å². The molecule has 1 aliphatic carbocycles. The summed E-state index contributed by atoms with van der Waals surface area (Å²) in [6, 6.07) is 9.58. The van der Waals surface area contributed by atoms with Crippen LogP contribution < -0.4 is 16.0 Å². The van der Waals surface area contributed by atoms with Crippen molar-refractivity contribution < 1.29 is 9.90 Å². The van der Waals surface area contributed by atoms with E-state index in [0.29, 0.717) is 35.3 Å². The van der Waals surface area contributed by atoms with Crippen LogP contribution in [0.15, 0.2) is 30.5 Å². The van der Waals surface area contributed by atoms with Crippen molar-refractivity contribution in [3.63, 3.8) is 0 Å². The lowest BCUT2D eigenvalue weighted by Crippen LogP contribution is -2.63. The Morgan fingerprint density at radius 3 is 2.86 bits per heavy atom. The van der Waals surface area contributed by atoms with Gasteiger partial charge in [0.2, 0.25) is 5.95 Å². The van der Waals surface area contributed by atoms with Gasteiger partial charge < -0.3 is 21.1 Å². The number of hydrogen-bond donors (Lipinski definition) is 4. The van der Waals surface area contributed by atoms with Gasteiger partial charge in [0.25, 0.3) is 0 Å². The summed E-state index contributed by atoms with van der Waals surface area (Å²) in [4.78, 5) is 19.6. The Hall–Kier alpha value is -3.05. The molecule has 29 heavy (non-hydrogen) atoms. The first-order valence-electron chi connectivity index (χ1n) is 9.31. The van der Waals surface area contributed by atoms with Gasteiger partial charge in [0.05, 0.1) is 6.20 Å². The van der Waals surface area contributed by atoms with Crippen LogP contribution in [0.3, 0.4) is 0 Å². The van der Waals surface area contributed by atoms with E-state index >= 15 is 0 Å². The van der Waals surface area contributed by atoms with Gasteiger partial charge in [0.1, 0.15) is 17.5 Å². The molecule has 2 aromatic rings. The Labute approximate surface area is 174 Å². The number of carbonyl (C=O) groups is 1.